The van der Waals surface area contributed by atoms with Crippen LogP contribution in [0, 0.1) is 11.3 Å². The summed E-state index contributed by atoms with van der Waals surface area (Å²) in [6.45, 7) is 6.80. The second kappa shape index (κ2) is 5.99. The molecule has 0 saturated heterocycles. The Morgan fingerprint density at radius 1 is 1.33 bits per heavy atom. The van der Waals surface area contributed by atoms with Crippen molar-refractivity contribution in [2.75, 3.05) is 6.54 Å². The summed E-state index contributed by atoms with van der Waals surface area (Å²) in [5.74, 6) is 0. The first kappa shape index (κ1) is 11.4. The number of hydrogen-bond acceptors (Lipinski definition) is 3. The Morgan fingerprint density at radius 2 is 2.00 bits per heavy atom. The number of nitrogens with zero attached hydrogens (tertiary/aromatic N) is 1. The van der Waals surface area contributed by atoms with Crippen molar-refractivity contribution in [3.8, 4) is 6.07 Å². The van der Waals surface area contributed by atoms with E-state index in [1.807, 2.05) is 20.8 Å². The molecule has 3 nitrogen and oxygen atoms in total. The smallest absolute Gasteiger partial charge is 0.0812 e. The fourth-order valence-electron chi connectivity index (χ4n) is 0.669. The van der Waals surface area contributed by atoms with Crippen LogP contribution in [0.3, 0.4) is 0 Å². The standard InChI is InChI=1S/C9H18N2O/c1-9(2,3)12-11-8-6-4-5-7-10/h11H,4-6,8H2,1-3H3. The molecule has 0 bridgehead atoms. The van der Waals surface area contributed by atoms with Crippen LogP contribution in [0.5, 0.6) is 0 Å². The van der Waals surface area contributed by atoms with Gasteiger partial charge in [-0.3, -0.25) is 4.84 Å². The maximum absolute atomic E-state index is 8.25. The zero-order chi connectivity index (χ0) is 9.45. The van der Waals surface area contributed by atoms with E-state index in [2.05, 4.69) is 11.5 Å². The lowest BCUT2D eigenvalue weighted by Crippen LogP contribution is -2.29. The van der Waals surface area contributed by atoms with Crippen molar-refractivity contribution >= 4 is 0 Å². The van der Waals surface area contributed by atoms with Gasteiger partial charge >= 0.3 is 0 Å². The van der Waals surface area contributed by atoms with E-state index in [0.29, 0.717) is 6.42 Å². The van der Waals surface area contributed by atoms with Crippen molar-refractivity contribution in [3.05, 3.63) is 0 Å². The number of nitriles is 1. The van der Waals surface area contributed by atoms with E-state index in [1.54, 1.807) is 0 Å². The average molecular weight is 170 g/mol. The van der Waals surface area contributed by atoms with E-state index in [-0.39, 0.29) is 5.60 Å². The van der Waals surface area contributed by atoms with Gasteiger partial charge in [0.05, 0.1) is 11.7 Å². The normalized spacial score (nSPS) is 11.2. The van der Waals surface area contributed by atoms with Gasteiger partial charge in [-0.25, -0.2) is 5.48 Å². The summed E-state index contributed by atoms with van der Waals surface area (Å²) >= 11 is 0. The Hall–Kier alpha value is -0.590. The second-order valence-corrected chi connectivity index (χ2v) is 3.72. The Balaban J connectivity index is 3.07. The maximum Gasteiger partial charge on any atom is 0.0812 e. The molecule has 70 valence electrons. The first-order chi connectivity index (χ1) is 5.56. The zero-order valence-corrected chi connectivity index (χ0v) is 8.18. The third-order valence-corrected chi connectivity index (χ3v) is 1.20. The third-order valence-electron chi connectivity index (χ3n) is 1.20. The lowest BCUT2D eigenvalue weighted by Gasteiger charge is -2.19. The molecule has 0 radical (unpaired) electrons. The van der Waals surface area contributed by atoms with Crippen LogP contribution >= 0.6 is 0 Å². The van der Waals surface area contributed by atoms with Crippen molar-refractivity contribution in [2.45, 2.75) is 45.6 Å². The molecular weight excluding hydrogens is 152 g/mol. The van der Waals surface area contributed by atoms with Crippen molar-refractivity contribution < 1.29 is 4.84 Å². The summed E-state index contributed by atoms with van der Waals surface area (Å²) in [6, 6.07) is 2.11. The molecule has 0 aromatic carbocycles. The number of hydroxylamine groups is 1. The molecule has 0 atom stereocenters. The molecule has 0 aliphatic rings. The predicted octanol–water partition coefficient (Wildman–Crippen LogP) is 2.00. The number of unbranched alkanes of at least 4 members (excludes halogenated alkanes) is 2. The molecule has 12 heavy (non-hydrogen) atoms. The van der Waals surface area contributed by atoms with E-state index in [0.717, 1.165) is 19.4 Å². The summed E-state index contributed by atoms with van der Waals surface area (Å²) in [5.41, 5.74) is 2.75. The highest BCUT2D eigenvalue weighted by atomic mass is 16.7. The molecule has 0 aliphatic heterocycles. The zero-order valence-electron chi connectivity index (χ0n) is 8.18. The van der Waals surface area contributed by atoms with Crippen LogP contribution in [-0.2, 0) is 4.84 Å². The number of rotatable bonds is 5. The van der Waals surface area contributed by atoms with Gasteiger partial charge in [0.15, 0.2) is 0 Å². The molecule has 0 unspecified atom stereocenters. The van der Waals surface area contributed by atoms with Gasteiger partial charge in [0.1, 0.15) is 0 Å². The Kier molecular flexibility index (Phi) is 5.69. The van der Waals surface area contributed by atoms with Crippen molar-refractivity contribution in [1.29, 1.82) is 5.26 Å². The molecule has 0 fully saturated rings. The average Bonchev–Trinajstić information content (AvgIpc) is 1.94. The van der Waals surface area contributed by atoms with Crippen LogP contribution in [0.25, 0.3) is 0 Å². The minimum atomic E-state index is -0.130. The summed E-state index contributed by atoms with van der Waals surface area (Å²) in [4.78, 5) is 5.28. The predicted molar refractivity (Wildman–Crippen MR) is 48.3 cm³/mol. The highest BCUT2D eigenvalue weighted by molar-refractivity contribution is 4.67. The second-order valence-electron chi connectivity index (χ2n) is 3.72. The SMILES string of the molecule is CC(C)(C)ONCCCCC#N. The molecule has 3 heteroatoms. The highest BCUT2D eigenvalue weighted by Crippen LogP contribution is 2.03. The molecule has 0 spiro atoms. The van der Waals surface area contributed by atoms with Gasteiger partial charge in [0.25, 0.3) is 0 Å². The van der Waals surface area contributed by atoms with Crippen LogP contribution in [0.2, 0.25) is 0 Å². The molecule has 0 aliphatic carbocycles. The topological polar surface area (TPSA) is 45.0 Å². The summed E-state index contributed by atoms with van der Waals surface area (Å²) < 4.78 is 0. The molecule has 0 saturated carbocycles. The Labute approximate surface area is 74.7 Å². The van der Waals surface area contributed by atoms with Gasteiger partial charge in [-0.05, 0) is 33.6 Å². The van der Waals surface area contributed by atoms with Crippen LogP contribution in [0.4, 0.5) is 0 Å². The van der Waals surface area contributed by atoms with Crippen LogP contribution in [0.15, 0.2) is 0 Å². The quantitative estimate of drug-likeness (QED) is 0.507. The molecule has 1 N–H and O–H groups in total. The van der Waals surface area contributed by atoms with Gasteiger partial charge < -0.3 is 0 Å². The third kappa shape index (κ3) is 9.41. The fraction of sp³-hybridized carbons (Fsp3) is 0.889. The van der Waals surface area contributed by atoms with Gasteiger partial charge in [0.2, 0.25) is 0 Å². The Bertz CT molecular complexity index is 144. The monoisotopic (exact) mass is 170 g/mol. The summed E-state index contributed by atoms with van der Waals surface area (Å²) in [5, 5.41) is 8.25. The van der Waals surface area contributed by atoms with Crippen molar-refractivity contribution in [1.82, 2.24) is 5.48 Å². The minimum Gasteiger partial charge on any atom is -0.296 e. The molecular formula is C9H18N2O. The fourth-order valence-corrected chi connectivity index (χ4v) is 0.669. The Morgan fingerprint density at radius 3 is 2.50 bits per heavy atom. The largest absolute Gasteiger partial charge is 0.296 e. The lowest BCUT2D eigenvalue weighted by molar-refractivity contribution is -0.0725. The number of nitrogens with one attached hydrogen (secondary N) is 1. The van der Waals surface area contributed by atoms with Gasteiger partial charge in [-0.2, -0.15) is 5.26 Å². The molecule has 0 aromatic heterocycles. The lowest BCUT2D eigenvalue weighted by atomic mass is 10.2. The molecule has 0 amide bonds. The van der Waals surface area contributed by atoms with Crippen LogP contribution < -0.4 is 5.48 Å². The van der Waals surface area contributed by atoms with Gasteiger partial charge in [0, 0.05) is 13.0 Å². The van der Waals surface area contributed by atoms with E-state index < -0.39 is 0 Å². The van der Waals surface area contributed by atoms with E-state index in [9.17, 15) is 0 Å². The molecule has 0 rings (SSSR count). The molecule has 0 heterocycles. The maximum atomic E-state index is 8.25. The van der Waals surface area contributed by atoms with Gasteiger partial charge in [-0.15, -0.1) is 0 Å². The van der Waals surface area contributed by atoms with E-state index in [4.69, 9.17) is 10.1 Å². The summed E-state index contributed by atoms with van der Waals surface area (Å²) in [7, 11) is 0. The van der Waals surface area contributed by atoms with E-state index >= 15 is 0 Å². The molecule has 0 aromatic rings. The van der Waals surface area contributed by atoms with Crippen LogP contribution in [0.1, 0.15) is 40.0 Å². The van der Waals surface area contributed by atoms with E-state index in [1.165, 1.54) is 0 Å². The van der Waals surface area contributed by atoms with Crippen molar-refractivity contribution in [3.63, 3.8) is 0 Å². The summed E-state index contributed by atoms with van der Waals surface area (Å²) in [6.07, 6.45) is 2.57. The van der Waals surface area contributed by atoms with Gasteiger partial charge in [-0.1, -0.05) is 0 Å². The highest BCUT2D eigenvalue weighted by Gasteiger charge is 2.08. The minimum absolute atomic E-state index is 0.130. The number of hydrogen-bond donors (Lipinski definition) is 1. The van der Waals surface area contributed by atoms with Crippen LogP contribution in [-0.4, -0.2) is 12.1 Å². The first-order valence-electron chi connectivity index (χ1n) is 4.34. The first-order valence-corrected chi connectivity index (χ1v) is 4.34. The van der Waals surface area contributed by atoms with Crippen molar-refractivity contribution in [2.24, 2.45) is 0 Å².